The predicted molar refractivity (Wildman–Crippen MR) is 227 cm³/mol. The van der Waals surface area contributed by atoms with Crippen molar-refractivity contribution in [2.75, 3.05) is 73.0 Å². The van der Waals surface area contributed by atoms with Crippen molar-refractivity contribution < 1.29 is 4.79 Å². The number of unbranched alkanes of at least 4 members (excludes halogenated alkanes) is 24. The van der Waals surface area contributed by atoms with E-state index in [1.165, 1.54) is 193 Å². The van der Waals surface area contributed by atoms with Gasteiger partial charge in [0.05, 0.1) is 6.54 Å². The second-order valence-corrected chi connectivity index (χ2v) is 16.2. The second-order valence-electron chi connectivity index (χ2n) is 16.2. The number of amides is 1. The van der Waals surface area contributed by atoms with Gasteiger partial charge in [0.1, 0.15) is 0 Å². The van der Waals surface area contributed by atoms with Gasteiger partial charge in [0.2, 0.25) is 5.91 Å². The zero-order valence-electron chi connectivity index (χ0n) is 35.2. The minimum atomic E-state index is 0.288. The number of allylic oxidation sites excluding steroid dienone is 4. The molecule has 51 heavy (non-hydrogen) atoms. The third-order valence-corrected chi connectivity index (χ3v) is 10.9. The maximum absolute atomic E-state index is 13.1. The summed E-state index contributed by atoms with van der Waals surface area (Å²) in [4.78, 5) is 22.6. The summed E-state index contributed by atoms with van der Waals surface area (Å²) in [5.41, 5.74) is 0. The first-order valence-corrected chi connectivity index (χ1v) is 22.7. The second kappa shape index (κ2) is 37.2. The van der Waals surface area contributed by atoms with E-state index in [1.54, 1.807) is 0 Å². The van der Waals surface area contributed by atoms with Crippen molar-refractivity contribution >= 4 is 5.91 Å². The van der Waals surface area contributed by atoms with Crippen molar-refractivity contribution in [1.29, 1.82) is 0 Å². The van der Waals surface area contributed by atoms with Crippen LogP contribution in [0.3, 0.4) is 0 Å². The first-order chi connectivity index (χ1) is 25.1. The Hall–Kier alpha value is -1.17. The molecule has 1 saturated heterocycles. The number of rotatable bonds is 34. The molecule has 0 N–H and O–H groups in total. The van der Waals surface area contributed by atoms with Gasteiger partial charge in [0.15, 0.2) is 0 Å². The number of carbonyl (C=O) groups excluding carboxylic acids is 1. The van der Waals surface area contributed by atoms with E-state index in [9.17, 15) is 4.79 Å². The Morgan fingerprint density at radius 3 is 1.06 bits per heavy atom. The van der Waals surface area contributed by atoms with Crippen molar-refractivity contribution in [3.05, 3.63) is 24.3 Å². The molecule has 0 aromatic heterocycles. The highest BCUT2D eigenvalue weighted by molar-refractivity contribution is 5.78. The first-order valence-electron chi connectivity index (χ1n) is 22.7. The number of nitrogens with zero attached hydrogens (tertiary/aromatic N) is 4. The molecule has 0 saturated carbocycles. The molecular formula is C46H90N4O. The van der Waals surface area contributed by atoms with Crippen LogP contribution in [0.1, 0.15) is 194 Å². The molecule has 0 aliphatic carbocycles. The lowest BCUT2D eigenvalue weighted by Crippen LogP contribution is -2.44. The van der Waals surface area contributed by atoms with E-state index in [1.807, 2.05) is 19.0 Å². The lowest BCUT2D eigenvalue weighted by molar-refractivity contribution is -0.132. The van der Waals surface area contributed by atoms with Gasteiger partial charge in [-0.2, -0.15) is 0 Å². The lowest BCUT2D eigenvalue weighted by Gasteiger charge is -2.27. The van der Waals surface area contributed by atoms with E-state index in [0.29, 0.717) is 6.54 Å². The van der Waals surface area contributed by atoms with E-state index in [4.69, 9.17) is 0 Å². The summed E-state index contributed by atoms with van der Waals surface area (Å²) in [6.45, 7) is 13.5. The molecule has 0 spiro atoms. The molecule has 1 aliphatic rings. The number of hydrogen-bond acceptors (Lipinski definition) is 4. The van der Waals surface area contributed by atoms with E-state index in [0.717, 1.165) is 39.3 Å². The van der Waals surface area contributed by atoms with Gasteiger partial charge in [0, 0.05) is 39.3 Å². The predicted octanol–water partition coefficient (Wildman–Crippen LogP) is 12.1. The van der Waals surface area contributed by atoms with E-state index >= 15 is 0 Å². The molecule has 1 heterocycles. The molecule has 5 nitrogen and oxygen atoms in total. The Morgan fingerprint density at radius 2 is 0.725 bits per heavy atom. The molecule has 1 rings (SSSR count). The Morgan fingerprint density at radius 1 is 0.431 bits per heavy atom. The smallest absolute Gasteiger partial charge is 0.236 e. The van der Waals surface area contributed by atoms with Gasteiger partial charge in [-0.15, -0.1) is 0 Å². The zero-order valence-corrected chi connectivity index (χ0v) is 35.2. The van der Waals surface area contributed by atoms with Crippen LogP contribution >= 0.6 is 0 Å². The molecule has 300 valence electrons. The number of carbonyl (C=O) groups is 1. The maximum Gasteiger partial charge on any atom is 0.236 e. The van der Waals surface area contributed by atoms with Crippen molar-refractivity contribution in [2.24, 2.45) is 0 Å². The highest BCUT2D eigenvalue weighted by Gasteiger charge is 2.20. The normalized spacial score (nSPS) is 15.4. The summed E-state index contributed by atoms with van der Waals surface area (Å²) >= 11 is 0. The summed E-state index contributed by atoms with van der Waals surface area (Å²) < 4.78 is 0. The Labute approximate surface area is 320 Å². The fourth-order valence-electron chi connectivity index (χ4n) is 7.38. The molecule has 0 aromatic rings. The standard InChI is InChI=1S/C46H90N4O/c1-5-7-9-11-13-15-17-19-21-23-25-27-29-31-33-35-37-48-39-40-49(42-44-50(43-41-48)46(51)45-47(3)4)38-36-34-32-30-28-26-24-22-20-18-16-14-12-10-8-6-2/h19-22H,5-18,23-45H2,1-4H3/b21-19-,22-20-. The topological polar surface area (TPSA) is 30.0 Å². The average molecular weight is 715 g/mol. The van der Waals surface area contributed by atoms with Gasteiger partial charge in [0.25, 0.3) is 0 Å². The van der Waals surface area contributed by atoms with Gasteiger partial charge < -0.3 is 19.6 Å². The summed E-state index contributed by atoms with van der Waals surface area (Å²) in [6, 6.07) is 0. The molecule has 0 atom stereocenters. The highest BCUT2D eigenvalue weighted by atomic mass is 16.2. The van der Waals surface area contributed by atoms with Gasteiger partial charge >= 0.3 is 0 Å². The van der Waals surface area contributed by atoms with Crippen LogP contribution in [-0.4, -0.2) is 98.5 Å². The zero-order chi connectivity index (χ0) is 36.9. The SMILES string of the molecule is CCCCCCCC/C=C\CCCCCCCCN1CCN(CCCCCCCC/C=C\CCCCCCCC)CCN(C(=O)CN(C)C)CC1. The molecule has 0 unspecified atom stereocenters. The minimum Gasteiger partial charge on any atom is -0.339 e. The van der Waals surface area contributed by atoms with Crippen LogP contribution in [0.15, 0.2) is 24.3 Å². The fraction of sp³-hybridized carbons (Fsp3) is 0.891. The van der Waals surface area contributed by atoms with Gasteiger partial charge in [-0.3, -0.25) is 4.79 Å². The summed E-state index contributed by atoms with van der Waals surface area (Å²) in [5.74, 6) is 0.288. The minimum absolute atomic E-state index is 0.288. The fourth-order valence-corrected chi connectivity index (χ4v) is 7.38. The van der Waals surface area contributed by atoms with E-state index in [2.05, 4.69) is 52.9 Å². The molecule has 5 heteroatoms. The van der Waals surface area contributed by atoms with Gasteiger partial charge in [-0.25, -0.2) is 0 Å². The van der Waals surface area contributed by atoms with Crippen LogP contribution in [0.2, 0.25) is 0 Å². The number of hydrogen-bond donors (Lipinski definition) is 0. The molecule has 0 radical (unpaired) electrons. The van der Waals surface area contributed by atoms with Crippen molar-refractivity contribution in [3.8, 4) is 0 Å². The van der Waals surface area contributed by atoms with E-state index in [-0.39, 0.29) is 5.91 Å². The van der Waals surface area contributed by atoms with Crippen molar-refractivity contribution in [2.45, 2.75) is 194 Å². The Bertz CT molecular complexity index is 742. The third kappa shape index (κ3) is 32.0. The monoisotopic (exact) mass is 715 g/mol. The first kappa shape index (κ1) is 47.9. The van der Waals surface area contributed by atoms with Gasteiger partial charge in [-0.05, 0) is 91.4 Å². The Balaban J connectivity index is 2.23. The Kier molecular flexibility index (Phi) is 34.9. The van der Waals surface area contributed by atoms with Crippen LogP contribution in [0.25, 0.3) is 0 Å². The maximum atomic E-state index is 13.1. The summed E-state index contributed by atoms with van der Waals surface area (Å²) in [6.07, 6.45) is 47.8. The van der Waals surface area contributed by atoms with Gasteiger partial charge in [-0.1, -0.05) is 154 Å². The largest absolute Gasteiger partial charge is 0.339 e. The summed E-state index contributed by atoms with van der Waals surface area (Å²) in [7, 11) is 4.02. The van der Waals surface area contributed by atoms with Crippen LogP contribution in [-0.2, 0) is 4.79 Å². The van der Waals surface area contributed by atoms with Crippen LogP contribution < -0.4 is 0 Å². The average Bonchev–Trinajstić information content (AvgIpc) is 3.21. The van der Waals surface area contributed by atoms with Crippen molar-refractivity contribution in [1.82, 2.24) is 19.6 Å². The number of likely N-dealkylation sites (N-methyl/N-ethyl adjacent to an activating group) is 1. The van der Waals surface area contributed by atoms with E-state index < -0.39 is 0 Å². The van der Waals surface area contributed by atoms with Crippen LogP contribution in [0, 0.1) is 0 Å². The molecule has 0 aromatic carbocycles. The quantitative estimate of drug-likeness (QED) is 0.0490. The summed E-state index contributed by atoms with van der Waals surface area (Å²) in [5, 5.41) is 0. The highest BCUT2D eigenvalue weighted by Crippen LogP contribution is 2.13. The molecular weight excluding hydrogens is 625 g/mol. The lowest BCUT2D eigenvalue weighted by atomic mass is 10.1. The van der Waals surface area contributed by atoms with Crippen LogP contribution in [0.4, 0.5) is 0 Å². The molecule has 1 amide bonds. The third-order valence-electron chi connectivity index (χ3n) is 10.9. The molecule has 1 fully saturated rings. The molecule has 1 aliphatic heterocycles. The van der Waals surface area contributed by atoms with Crippen molar-refractivity contribution in [3.63, 3.8) is 0 Å². The molecule has 0 bridgehead atoms. The van der Waals surface area contributed by atoms with Crippen LogP contribution in [0.5, 0.6) is 0 Å².